The number of carboxylic acids is 1. The van der Waals surface area contributed by atoms with Gasteiger partial charge in [0.25, 0.3) is 0 Å². The number of nitrogens with zero attached hydrogens (tertiary/aromatic N) is 1. The Kier molecular flexibility index (Phi) is 5.38. The van der Waals surface area contributed by atoms with Crippen LogP contribution in [-0.4, -0.2) is 60.1 Å². The first-order valence-corrected chi connectivity index (χ1v) is 11.1. The van der Waals surface area contributed by atoms with Gasteiger partial charge in [0.05, 0.1) is 17.9 Å². The number of likely N-dealkylation sites (tertiary alicyclic amines) is 1. The molecule has 4 atom stereocenters. The van der Waals surface area contributed by atoms with Crippen LogP contribution in [0.4, 0.5) is 0 Å². The molecule has 1 heterocycles. The van der Waals surface area contributed by atoms with Crippen molar-refractivity contribution in [3.05, 3.63) is 0 Å². The summed E-state index contributed by atoms with van der Waals surface area (Å²) in [6, 6.07) is -1.18. The fraction of sp³-hybridized carbons (Fsp3) is 0.864. The van der Waals surface area contributed by atoms with Gasteiger partial charge in [0.1, 0.15) is 6.04 Å². The lowest BCUT2D eigenvalue weighted by atomic mass is 9.44. The van der Waals surface area contributed by atoms with Gasteiger partial charge in [-0.3, -0.25) is 14.5 Å². The molecule has 4 saturated carbocycles. The van der Waals surface area contributed by atoms with Gasteiger partial charge in [0, 0.05) is 6.04 Å². The molecule has 0 aromatic carbocycles. The maximum atomic E-state index is 13.5. The topological polar surface area (TPSA) is 95.9 Å². The molecule has 0 aromatic rings. The van der Waals surface area contributed by atoms with Crippen LogP contribution in [0.2, 0.25) is 0 Å². The summed E-state index contributed by atoms with van der Waals surface area (Å²) < 4.78 is 5.13. The van der Waals surface area contributed by atoms with Crippen LogP contribution in [0.3, 0.4) is 0 Å². The van der Waals surface area contributed by atoms with Crippen molar-refractivity contribution in [2.45, 2.75) is 76.8 Å². The van der Waals surface area contributed by atoms with Crippen molar-refractivity contribution in [1.29, 1.82) is 0 Å². The second kappa shape index (κ2) is 7.56. The summed E-state index contributed by atoms with van der Waals surface area (Å²) in [6.07, 6.45) is 8.01. The molecule has 29 heavy (non-hydrogen) atoms. The Morgan fingerprint density at radius 2 is 1.62 bits per heavy atom. The van der Waals surface area contributed by atoms with E-state index in [4.69, 9.17) is 4.74 Å². The molecule has 5 fully saturated rings. The van der Waals surface area contributed by atoms with Crippen molar-refractivity contribution in [1.82, 2.24) is 10.2 Å². The van der Waals surface area contributed by atoms with Crippen LogP contribution < -0.4 is 5.32 Å². The van der Waals surface area contributed by atoms with Crippen LogP contribution in [-0.2, 0) is 19.1 Å². The summed E-state index contributed by atoms with van der Waals surface area (Å²) in [7, 11) is 1.43. The fourth-order valence-electron chi connectivity index (χ4n) is 7.20. The van der Waals surface area contributed by atoms with Gasteiger partial charge in [0.15, 0.2) is 0 Å². The lowest BCUT2D eigenvalue weighted by Gasteiger charge is -2.60. The molecule has 0 aromatic heterocycles. The molecule has 162 valence electrons. The minimum atomic E-state index is -0.983. The van der Waals surface area contributed by atoms with Crippen LogP contribution in [0.1, 0.15) is 64.7 Å². The summed E-state index contributed by atoms with van der Waals surface area (Å²) in [4.78, 5) is 40.4. The third-order valence-electron chi connectivity index (χ3n) is 8.16. The molecule has 5 aliphatic rings. The zero-order valence-electron chi connectivity index (χ0n) is 17.6. The van der Waals surface area contributed by atoms with E-state index in [1.54, 1.807) is 0 Å². The van der Waals surface area contributed by atoms with Crippen molar-refractivity contribution in [2.75, 3.05) is 20.2 Å². The van der Waals surface area contributed by atoms with Crippen LogP contribution in [0, 0.1) is 22.7 Å². The standard InChI is InChI=1S/C22H34N2O5/c1-14(24-6-4-3-5-7-24)17(18(25)26)23-19(27)21-9-15-8-16(10-21)12-22(11-15,13-21)20(28)29-2/h14-17H,3-13H2,1-2H3,(H,23,27)(H,25,26). The molecule has 2 N–H and O–H groups in total. The van der Waals surface area contributed by atoms with E-state index in [0.29, 0.717) is 18.3 Å². The van der Waals surface area contributed by atoms with E-state index in [1.165, 1.54) is 13.5 Å². The second-order valence-corrected chi connectivity index (χ2v) is 10.1. The number of ether oxygens (including phenoxy) is 1. The monoisotopic (exact) mass is 406 g/mol. The number of carbonyl (C=O) groups excluding carboxylic acids is 2. The number of carboxylic acid groups (broad SMARTS) is 1. The van der Waals surface area contributed by atoms with Gasteiger partial charge in [-0.15, -0.1) is 0 Å². The minimum absolute atomic E-state index is 0.170. The molecular weight excluding hydrogens is 372 g/mol. The van der Waals surface area contributed by atoms with Gasteiger partial charge in [-0.1, -0.05) is 6.42 Å². The van der Waals surface area contributed by atoms with E-state index in [2.05, 4.69) is 10.2 Å². The van der Waals surface area contributed by atoms with E-state index in [0.717, 1.165) is 58.0 Å². The minimum Gasteiger partial charge on any atom is -0.480 e. The number of carbonyl (C=O) groups is 3. The van der Waals surface area contributed by atoms with Crippen molar-refractivity contribution in [2.24, 2.45) is 22.7 Å². The highest BCUT2D eigenvalue weighted by molar-refractivity contribution is 5.89. The average Bonchev–Trinajstić information content (AvgIpc) is 2.70. The molecule has 1 amide bonds. The molecular formula is C22H34N2O5. The Hall–Kier alpha value is -1.63. The summed E-state index contributed by atoms with van der Waals surface area (Å²) >= 11 is 0. The molecule has 1 aliphatic heterocycles. The van der Waals surface area contributed by atoms with Crippen molar-refractivity contribution >= 4 is 17.8 Å². The van der Waals surface area contributed by atoms with Gasteiger partial charge in [-0.2, -0.15) is 0 Å². The highest BCUT2D eigenvalue weighted by Gasteiger charge is 2.63. The number of methoxy groups -OCH3 is 1. The Morgan fingerprint density at radius 3 is 2.17 bits per heavy atom. The average molecular weight is 407 g/mol. The zero-order chi connectivity index (χ0) is 20.8. The highest BCUT2D eigenvalue weighted by Crippen LogP contribution is 2.65. The van der Waals surface area contributed by atoms with E-state index >= 15 is 0 Å². The largest absolute Gasteiger partial charge is 0.480 e. The number of amides is 1. The normalized spacial score (nSPS) is 38.3. The smallest absolute Gasteiger partial charge is 0.327 e. The molecule has 4 bridgehead atoms. The first-order chi connectivity index (χ1) is 13.8. The van der Waals surface area contributed by atoms with Gasteiger partial charge >= 0.3 is 11.9 Å². The molecule has 7 heteroatoms. The van der Waals surface area contributed by atoms with E-state index in [9.17, 15) is 19.5 Å². The first kappa shape index (κ1) is 20.6. The molecule has 5 rings (SSSR count). The maximum Gasteiger partial charge on any atom is 0.327 e. The number of esters is 1. The molecule has 4 unspecified atom stereocenters. The van der Waals surface area contributed by atoms with Gasteiger partial charge < -0.3 is 15.2 Å². The van der Waals surface area contributed by atoms with Gasteiger partial charge in [-0.05, 0) is 83.2 Å². The van der Waals surface area contributed by atoms with Crippen molar-refractivity contribution in [3.63, 3.8) is 0 Å². The summed E-state index contributed by atoms with van der Waals surface area (Å²) in [6.45, 7) is 3.66. The van der Waals surface area contributed by atoms with Crippen LogP contribution in [0.25, 0.3) is 0 Å². The van der Waals surface area contributed by atoms with Crippen LogP contribution in [0.15, 0.2) is 0 Å². The predicted molar refractivity (Wildman–Crippen MR) is 106 cm³/mol. The molecule has 0 radical (unpaired) electrons. The Bertz CT molecular complexity index is 673. The third kappa shape index (κ3) is 3.56. The fourth-order valence-corrected chi connectivity index (χ4v) is 7.20. The molecule has 1 saturated heterocycles. The summed E-state index contributed by atoms with van der Waals surface area (Å²) in [5.41, 5.74) is -1.19. The number of piperidine rings is 1. The Balaban J connectivity index is 1.53. The summed E-state index contributed by atoms with van der Waals surface area (Å²) in [5, 5.41) is 12.8. The van der Waals surface area contributed by atoms with Crippen molar-refractivity contribution < 1.29 is 24.2 Å². The van der Waals surface area contributed by atoms with E-state index in [-0.39, 0.29) is 17.9 Å². The summed E-state index contributed by atoms with van der Waals surface area (Å²) in [5.74, 6) is -0.645. The lowest BCUT2D eigenvalue weighted by molar-refractivity contribution is -0.182. The number of nitrogens with one attached hydrogen (secondary N) is 1. The SMILES string of the molecule is COC(=O)C12CC3CC(CC(C(=O)NC(C(=O)O)C(C)N4CCCCC4)(C3)C1)C2. The van der Waals surface area contributed by atoms with Crippen LogP contribution in [0.5, 0.6) is 0 Å². The lowest BCUT2D eigenvalue weighted by Crippen LogP contribution is -2.63. The number of aliphatic carboxylic acids is 1. The van der Waals surface area contributed by atoms with E-state index in [1.807, 2.05) is 6.92 Å². The molecule has 0 spiro atoms. The number of rotatable bonds is 6. The van der Waals surface area contributed by atoms with E-state index < -0.39 is 22.8 Å². The molecule has 7 nitrogen and oxygen atoms in total. The number of hydrogen-bond acceptors (Lipinski definition) is 5. The van der Waals surface area contributed by atoms with Gasteiger partial charge in [-0.25, -0.2) is 4.79 Å². The first-order valence-electron chi connectivity index (χ1n) is 11.1. The Labute approximate surface area is 172 Å². The predicted octanol–water partition coefficient (Wildman–Crippen LogP) is 2.19. The Morgan fingerprint density at radius 1 is 1.03 bits per heavy atom. The van der Waals surface area contributed by atoms with Crippen LogP contribution >= 0.6 is 0 Å². The number of hydrogen-bond donors (Lipinski definition) is 2. The maximum absolute atomic E-state index is 13.5. The van der Waals surface area contributed by atoms with Gasteiger partial charge in [0.2, 0.25) is 5.91 Å². The zero-order valence-corrected chi connectivity index (χ0v) is 17.6. The highest BCUT2D eigenvalue weighted by atomic mass is 16.5. The molecule has 4 aliphatic carbocycles. The quantitative estimate of drug-likeness (QED) is 0.657. The van der Waals surface area contributed by atoms with Crippen molar-refractivity contribution in [3.8, 4) is 0 Å². The third-order valence-corrected chi connectivity index (χ3v) is 8.16. The second-order valence-electron chi connectivity index (χ2n) is 10.1.